The molecule has 2 rings (SSSR count). The summed E-state index contributed by atoms with van der Waals surface area (Å²) in [5.74, 6) is 0. The molecular formula is C12H13V. The van der Waals surface area contributed by atoms with Crippen molar-refractivity contribution in [3.8, 4) is 0 Å². The molecule has 0 saturated carbocycles. The molecule has 0 aromatic heterocycles. The Bertz CT molecular complexity index is 296. The van der Waals surface area contributed by atoms with Crippen molar-refractivity contribution < 1.29 is 17.4 Å². The summed E-state index contributed by atoms with van der Waals surface area (Å²) < 4.78 is 1.41. The van der Waals surface area contributed by atoms with Crippen LogP contribution in [0.25, 0.3) is 0 Å². The molecule has 0 N–H and O–H groups in total. The van der Waals surface area contributed by atoms with Crippen molar-refractivity contribution in [2.45, 2.75) is 13.3 Å². The van der Waals surface area contributed by atoms with Gasteiger partial charge in [0.2, 0.25) is 0 Å². The fraction of sp³-hybridized carbons (Fsp3) is 0.167. The Kier molecular flexibility index (Phi) is 4.66. The molecule has 0 saturated heterocycles. The third-order valence-electron chi connectivity index (χ3n) is 1.69. The molecular weight excluding hydrogens is 195 g/mol. The summed E-state index contributed by atoms with van der Waals surface area (Å²) in [4.78, 5) is 0. The first-order valence-electron chi connectivity index (χ1n) is 4.35. The Labute approximate surface area is 89.3 Å². The van der Waals surface area contributed by atoms with Gasteiger partial charge in [0.25, 0.3) is 0 Å². The van der Waals surface area contributed by atoms with Crippen LogP contribution in [0.2, 0.25) is 0 Å². The molecule has 1 aliphatic rings. The number of hydrogen-bond donors (Lipinski definition) is 0. The summed E-state index contributed by atoms with van der Waals surface area (Å²) in [5.41, 5.74) is 1.32. The molecule has 0 spiro atoms. The van der Waals surface area contributed by atoms with E-state index in [4.69, 9.17) is 0 Å². The maximum absolute atomic E-state index is 2.54. The van der Waals surface area contributed by atoms with Gasteiger partial charge in [-0.3, -0.25) is 0 Å². The van der Waals surface area contributed by atoms with Crippen LogP contribution in [-0.2, 0) is 17.4 Å². The fourth-order valence-corrected chi connectivity index (χ4v) is 1.27. The van der Waals surface area contributed by atoms with Crippen molar-refractivity contribution in [1.29, 1.82) is 0 Å². The maximum atomic E-state index is 2.54. The molecule has 0 radical (unpaired) electrons. The summed E-state index contributed by atoms with van der Waals surface area (Å²) in [7, 11) is 0. The van der Waals surface area contributed by atoms with Crippen LogP contribution in [0, 0.1) is 6.92 Å². The third kappa shape index (κ3) is 4.77. The number of benzene rings is 1. The Balaban J connectivity index is 0.000000132. The van der Waals surface area contributed by atoms with Crippen LogP contribution in [0.3, 0.4) is 0 Å². The van der Waals surface area contributed by atoms with E-state index in [2.05, 4.69) is 54.7 Å². The zero-order chi connectivity index (χ0) is 9.52. The summed E-state index contributed by atoms with van der Waals surface area (Å²) in [6.45, 7) is 2.08. The van der Waals surface area contributed by atoms with Gasteiger partial charge in [-0.2, -0.15) is 0 Å². The minimum absolute atomic E-state index is 1.14. The SMILES string of the molecule is Cc1ccccc1.[V][C]1=CC=CC1. The van der Waals surface area contributed by atoms with Gasteiger partial charge >= 0.3 is 46.4 Å². The molecule has 13 heavy (non-hydrogen) atoms. The van der Waals surface area contributed by atoms with Crippen molar-refractivity contribution in [2.75, 3.05) is 0 Å². The van der Waals surface area contributed by atoms with E-state index in [9.17, 15) is 0 Å². The van der Waals surface area contributed by atoms with Crippen LogP contribution >= 0.6 is 0 Å². The Hall–Kier alpha value is -0.716. The second kappa shape index (κ2) is 5.85. The van der Waals surface area contributed by atoms with E-state index in [0.717, 1.165) is 6.42 Å². The fourth-order valence-electron chi connectivity index (χ4n) is 0.970. The second-order valence-corrected chi connectivity index (χ2v) is 3.84. The van der Waals surface area contributed by atoms with Gasteiger partial charge in [0.1, 0.15) is 0 Å². The van der Waals surface area contributed by atoms with Crippen LogP contribution in [0.1, 0.15) is 12.0 Å². The first-order valence-corrected chi connectivity index (χ1v) is 5.05. The average Bonchev–Trinajstić information content (AvgIpc) is 2.58. The summed E-state index contributed by atoms with van der Waals surface area (Å²) >= 11 is 2.54. The monoisotopic (exact) mass is 208 g/mol. The molecule has 0 unspecified atom stereocenters. The summed E-state index contributed by atoms with van der Waals surface area (Å²) in [5, 5.41) is 0. The molecule has 0 fully saturated rings. The zero-order valence-corrected chi connectivity index (χ0v) is 9.17. The van der Waals surface area contributed by atoms with E-state index in [0.29, 0.717) is 0 Å². The van der Waals surface area contributed by atoms with E-state index < -0.39 is 0 Å². The van der Waals surface area contributed by atoms with E-state index in [-0.39, 0.29) is 0 Å². The first kappa shape index (κ1) is 10.4. The summed E-state index contributed by atoms with van der Waals surface area (Å²) in [6.07, 6.45) is 7.47. The molecule has 0 heterocycles. The zero-order valence-electron chi connectivity index (χ0n) is 7.77. The van der Waals surface area contributed by atoms with Gasteiger partial charge in [-0.25, -0.2) is 0 Å². The molecule has 1 heteroatoms. The van der Waals surface area contributed by atoms with Crippen molar-refractivity contribution >= 4 is 0 Å². The third-order valence-corrected chi connectivity index (χ3v) is 2.21. The van der Waals surface area contributed by atoms with E-state index in [1.54, 1.807) is 0 Å². The molecule has 1 aromatic rings. The minimum atomic E-state index is 1.14. The van der Waals surface area contributed by atoms with Crippen molar-refractivity contribution in [3.05, 3.63) is 58.4 Å². The normalized spacial score (nSPS) is 13.2. The van der Waals surface area contributed by atoms with Crippen LogP contribution in [0.5, 0.6) is 0 Å². The standard InChI is InChI=1S/C7H8.C5H5.V/c1-7-5-3-2-4-6-7;1-2-4-5-3-1;/h2-6H,1H3;1-3H,4H2;. The van der Waals surface area contributed by atoms with Crippen LogP contribution < -0.4 is 0 Å². The van der Waals surface area contributed by atoms with Gasteiger partial charge in [-0.15, -0.1) is 0 Å². The Morgan fingerprint density at radius 1 is 1.15 bits per heavy atom. The van der Waals surface area contributed by atoms with E-state index in [1.165, 1.54) is 9.85 Å². The molecule has 0 nitrogen and oxygen atoms in total. The van der Waals surface area contributed by atoms with Gasteiger partial charge in [-0.1, -0.05) is 35.9 Å². The molecule has 0 amide bonds. The molecule has 0 atom stereocenters. The molecule has 1 aliphatic carbocycles. The molecule has 66 valence electrons. The van der Waals surface area contributed by atoms with E-state index >= 15 is 0 Å². The van der Waals surface area contributed by atoms with Gasteiger partial charge in [0.05, 0.1) is 0 Å². The topological polar surface area (TPSA) is 0 Å². The van der Waals surface area contributed by atoms with Crippen molar-refractivity contribution in [1.82, 2.24) is 0 Å². The van der Waals surface area contributed by atoms with Gasteiger partial charge < -0.3 is 0 Å². The molecule has 0 bridgehead atoms. The van der Waals surface area contributed by atoms with Crippen LogP contribution in [-0.4, -0.2) is 0 Å². The van der Waals surface area contributed by atoms with E-state index in [1.807, 2.05) is 18.2 Å². The second-order valence-electron chi connectivity index (χ2n) is 2.94. The van der Waals surface area contributed by atoms with Crippen molar-refractivity contribution in [2.24, 2.45) is 0 Å². The molecule has 0 aliphatic heterocycles. The quantitative estimate of drug-likeness (QED) is 0.613. The number of aryl methyl sites for hydroxylation is 1. The average molecular weight is 208 g/mol. The first-order chi connectivity index (χ1) is 6.29. The van der Waals surface area contributed by atoms with Gasteiger partial charge in [0.15, 0.2) is 0 Å². The van der Waals surface area contributed by atoms with Gasteiger partial charge in [0, 0.05) is 0 Å². The number of hydrogen-bond acceptors (Lipinski definition) is 0. The number of allylic oxidation sites excluding steroid dienone is 4. The van der Waals surface area contributed by atoms with Crippen molar-refractivity contribution in [3.63, 3.8) is 0 Å². The van der Waals surface area contributed by atoms with Gasteiger partial charge in [-0.05, 0) is 6.92 Å². The van der Waals surface area contributed by atoms with Crippen LogP contribution in [0.15, 0.2) is 52.8 Å². The summed E-state index contributed by atoms with van der Waals surface area (Å²) in [6, 6.07) is 10.3. The van der Waals surface area contributed by atoms with Crippen LogP contribution in [0.4, 0.5) is 0 Å². The Morgan fingerprint density at radius 3 is 2.08 bits per heavy atom. The Morgan fingerprint density at radius 2 is 1.85 bits per heavy atom. The number of rotatable bonds is 0. The predicted molar refractivity (Wildman–Crippen MR) is 53.0 cm³/mol. The molecule has 1 aromatic carbocycles. The predicted octanol–water partition coefficient (Wildman–Crippen LogP) is 3.37.